The van der Waals surface area contributed by atoms with Gasteiger partial charge in [-0.25, -0.2) is 13.9 Å². The van der Waals surface area contributed by atoms with Crippen molar-refractivity contribution in [1.29, 1.82) is 0 Å². The molecule has 0 spiro atoms. The highest BCUT2D eigenvalue weighted by atomic mass is 19.1. The Hall–Kier alpha value is -2.43. The van der Waals surface area contributed by atoms with E-state index in [-0.39, 0.29) is 5.82 Å². The normalized spacial score (nSPS) is 10.8. The maximum absolute atomic E-state index is 13.6. The number of nitrogens with zero attached hydrogens (tertiary/aromatic N) is 3. The molecular formula is C13H10FN3O. The van der Waals surface area contributed by atoms with Crippen molar-refractivity contribution in [3.63, 3.8) is 0 Å². The monoisotopic (exact) mass is 243 g/mol. The second-order valence-corrected chi connectivity index (χ2v) is 3.78. The molecule has 90 valence electrons. The summed E-state index contributed by atoms with van der Waals surface area (Å²) in [5.41, 5.74) is 1.01. The highest BCUT2D eigenvalue weighted by molar-refractivity contribution is 5.59. The summed E-state index contributed by atoms with van der Waals surface area (Å²) < 4.78 is 20.3. The number of ether oxygens (including phenoxy) is 1. The van der Waals surface area contributed by atoms with Crippen molar-refractivity contribution in [3.05, 3.63) is 48.4 Å². The largest absolute Gasteiger partial charge is 0.497 e. The third kappa shape index (κ3) is 1.69. The van der Waals surface area contributed by atoms with E-state index in [1.54, 1.807) is 48.2 Å². The molecule has 5 heteroatoms. The second kappa shape index (κ2) is 4.10. The number of hydrogen-bond acceptors (Lipinski definition) is 3. The van der Waals surface area contributed by atoms with Crippen molar-refractivity contribution in [2.75, 3.05) is 7.11 Å². The van der Waals surface area contributed by atoms with E-state index < -0.39 is 0 Å². The molecule has 3 rings (SSSR count). The standard InChI is InChI=1S/C13H10FN3O/c1-18-9-6-7-17-12(8-9)15-13(16-17)10-4-2-3-5-11(10)14/h2-8H,1H3. The zero-order chi connectivity index (χ0) is 12.5. The van der Waals surface area contributed by atoms with Crippen LogP contribution in [0.1, 0.15) is 0 Å². The fraction of sp³-hybridized carbons (Fsp3) is 0.0769. The fourth-order valence-electron chi connectivity index (χ4n) is 1.75. The van der Waals surface area contributed by atoms with Gasteiger partial charge in [-0.2, -0.15) is 0 Å². The first kappa shape index (κ1) is 10.7. The van der Waals surface area contributed by atoms with Crippen molar-refractivity contribution >= 4 is 5.65 Å². The molecule has 1 aromatic carbocycles. The smallest absolute Gasteiger partial charge is 0.185 e. The van der Waals surface area contributed by atoms with Crippen molar-refractivity contribution in [2.45, 2.75) is 0 Å². The quantitative estimate of drug-likeness (QED) is 0.694. The van der Waals surface area contributed by atoms with Gasteiger partial charge in [0.15, 0.2) is 11.5 Å². The van der Waals surface area contributed by atoms with Crippen LogP contribution in [0.15, 0.2) is 42.6 Å². The van der Waals surface area contributed by atoms with Gasteiger partial charge in [0.05, 0.1) is 12.7 Å². The molecule has 0 aliphatic carbocycles. The summed E-state index contributed by atoms with van der Waals surface area (Å²) in [5, 5.41) is 4.23. The molecule has 0 aliphatic rings. The van der Waals surface area contributed by atoms with E-state index in [0.29, 0.717) is 22.8 Å². The number of benzene rings is 1. The lowest BCUT2D eigenvalue weighted by Gasteiger charge is -1.97. The average molecular weight is 243 g/mol. The van der Waals surface area contributed by atoms with E-state index in [0.717, 1.165) is 0 Å². The zero-order valence-electron chi connectivity index (χ0n) is 9.67. The Morgan fingerprint density at radius 2 is 2.06 bits per heavy atom. The minimum atomic E-state index is -0.333. The van der Waals surface area contributed by atoms with Crippen molar-refractivity contribution in [2.24, 2.45) is 0 Å². The molecule has 0 fully saturated rings. The van der Waals surface area contributed by atoms with Gasteiger partial charge in [-0.15, -0.1) is 5.10 Å². The Kier molecular flexibility index (Phi) is 2.44. The molecule has 0 saturated heterocycles. The highest BCUT2D eigenvalue weighted by Crippen LogP contribution is 2.21. The van der Waals surface area contributed by atoms with Crippen LogP contribution in [0.25, 0.3) is 17.0 Å². The number of aromatic nitrogens is 3. The Morgan fingerprint density at radius 1 is 1.22 bits per heavy atom. The predicted molar refractivity (Wildman–Crippen MR) is 64.9 cm³/mol. The maximum atomic E-state index is 13.6. The van der Waals surface area contributed by atoms with E-state index >= 15 is 0 Å². The molecule has 18 heavy (non-hydrogen) atoms. The van der Waals surface area contributed by atoms with E-state index in [1.165, 1.54) is 6.07 Å². The minimum absolute atomic E-state index is 0.333. The summed E-state index contributed by atoms with van der Waals surface area (Å²) in [6.07, 6.45) is 1.73. The molecule has 2 heterocycles. The molecule has 0 bridgehead atoms. The van der Waals surface area contributed by atoms with Crippen LogP contribution in [0.2, 0.25) is 0 Å². The number of halogens is 1. The lowest BCUT2D eigenvalue weighted by molar-refractivity contribution is 0.414. The third-order valence-corrected chi connectivity index (χ3v) is 2.66. The van der Waals surface area contributed by atoms with E-state index in [9.17, 15) is 4.39 Å². The number of hydrogen-bond donors (Lipinski definition) is 0. The summed E-state index contributed by atoms with van der Waals surface area (Å²) in [7, 11) is 1.58. The van der Waals surface area contributed by atoms with E-state index in [4.69, 9.17) is 4.74 Å². The molecule has 4 nitrogen and oxygen atoms in total. The van der Waals surface area contributed by atoms with Crippen LogP contribution in [-0.4, -0.2) is 21.7 Å². The van der Waals surface area contributed by atoms with Crippen LogP contribution in [0.4, 0.5) is 4.39 Å². The van der Waals surface area contributed by atoms with E-state index in [1.807, 2.05) is 0 Å². The molecule has 0 unspecified atom stereocenters. The molecule has 0 amide bonds. The van der Waals surface area contributed by atoms with Gasteiger partial charge < -0.3 is 4.74 Å². The van der Waals surface area contributed by atoms with Crippen LogP contribution in [-0.2, 0) is 0 Å². The average Bonchev–Trinajstić information content (AvgIpc) is 2.81. The Morgan fingerprint density at radius 3 is 2.83 bits per heavy atom. The summed E-state index contributed by atoms with van der Waals surface area (Å²) in [6.45, 7) is 0. The molecule has 0 N–H and O–H groups in total. The Balaban J connectivity index is 2.17. The number of rotatable bonds is 2. The molecular weight excluding hydrogens is 233 g/mol. The van der Waals surface area contributed by atoms with Crippen molar-refractivity contribution < 1.29 is 9.13 Å². The summed E-state index contributed by atoms with van der Waals surface area (Å²) in [6, 6.07) is 9.95. The van der Waals surface area contributed by atoms with Crippen LogP contribution >= 0.6 is 0 Å². The minimum Gasteiger partial charge on any atom is -0.497 e. The number of fused-ring (bicyclic) bond motifs is 1. The predicted octanol–water partition coefficient (Wildman–Crippen LogP) is 2.54. The number of methoxy groups -OCH3 is 1. The van der Waals surface area contributed by atoms with Gasteiger partial charge in [-0.1, -0.05) is 12.1 Å². The van der Waals surface area contributed by atoms with Crippen LogP contribution < -0.4 is 4.74 Å². The van der Waals surface area contributed by atoms with Gasteiger partial charge in [-0.05, 0) is 18.2 Å². The topological polar surface area (TPSA) is 39.4 Å². The maximum Gasteiger partial charge on any atom is 0.185 e. The molecule has 0 aliphatic heterocycles. The van der Waals surface area contributed by atoms with Gasteiger partial charge in [0.1, 0.15) is 11.6 Å². The lowest BCUT2D eigenvalue weighted by Crippen LogP contribution is -1.89. The SMILES string of the molecule is COc1ccn2nc(-c3ccccc3F)nc2c1. The third-order valence-electron chi connectivity index (χ3n) is 2.66. The van der Waals surface area contributed by atoms with Gasteiger partial charge in [0, 0.05) is 12.3 Å². The van der Waals surface area contributed by atoms with Gasteiger partial charge in [0.2, 0.25) is 0 Å². The molecule has 0 atom stereocenters. The first-order valence-corrected chi connectivity index (χ1v) is 5.43. The Labute approximate surface area is 103 Å². The molecule has 0 radical (unpaired) electrons. The van der Waals surface area contributed by atoms with Crippen LogP contribution in [0, 0.1) is 5.82 Å². The van der Waals surface area contributed by atoms with Gasteiger partial charge >= 0.3 is 0 Å². The zero-order valence-corrected chi connectivity index (χ0v) is 9.67. The summed E-state index contributed by atoms with van der Waals surface area (Å²) in [4.78, 5) is 4.28. The summed E-state index contributed by atoms with van der Waals surface area (Å²) in [5.74, 6) is 0.719. The van der Waals surface area contributed by atoms with Gasteiger partial charge in [-0.3, -0.25) is 0 Å². The van der Waals surface area contributed by atoms with Crippen molar-refractivity contribution in [3.8, 4) is 17.1 Å². The van der Waals surface area contributed by atoms with Crippen molar-refractivity contribution in [1.82, 2.24) is 14.6 Å². The van der Waals surface area contributed by atoms with Crippen LogP contribution in [0.3, 0.4) is 0 Å². The van der Waals surface area contributed by atoms with Gasteiger partial charge in [0.25, 0.3) is 0 Å². The first-order valence-electron chi connectivity index (χ1n) is 5.43. The molecule has 0 saturated carbocycles. The number of pyridine rings is 1. The molecule has 3 aromatic rings. The van der Waals surface area contributed by atoms with Crippen LogP contribution in [0.5, 0.6) is 5.75 Å². The first-order chi connectivity index (χ1) is 8.78. The fourth-order valence-corrected chi connectivity index (χ4v) is 1.75. The lowest BCUT2D eigenvalue weighted by atomic mass is 10.2. The Bertz CT molecular complexity index is 708. The molecule has 2 aromatic heterocycles. The summed E-state index contributed by atoms with van der Waals surface area (Å²) >= 11 is 0. The highest BCUT2D eigenvalue weighted by Gasteiger charge is 2.10. The van der Waals surface area contributed by atoms with E-state index in [2.05, 4.69) is 10.1 Å². The second-order valence-electron chi connectivity index (χ2n) is 3.78.